The van der Waals surface area contributed by atoms with Gasteiger partial charge in [0.2, 0.25) is 5.91 Å². The van der Waals surface area contributed by atoms with Crippen molar-refractivity contribution in [3.05, 3.63) is 35.9 Å². The Hall–Kier alpha value is -2.41. The van der Waals surface area contributed by atoms with Gasteiger partial charge in [-0.05, 0) is 50.3 Å². The van der Waals surface area contributed by atoms with Crippen molar-refractivity contribution >= 4 is 17.8 Å². The van der Waals surface area contributed by atoms with E-state index in [0.717, 1.165) is 13.1 Å². The average Bonchev–Trinajstić information content (AvgIpc) is 2.76. The number of nitrogens with zero attached hydrogens (tertiary/aromatic N) is 1. The number of carboxylic acid groups (broad SMARTS) is 2. The molecule has 1 aliphatic heterocycles. The number of benzene rings is 1. The van der Waals surface area contributed by atoms with Gasteiger partial charge in [-0.15, -0.1) is 0 Å². The van der Waals surface area contributed by atoms with Gasteiger partial charge in [0.05, 0.1) is 5.92 Å². The molecule has 1 saturated heterocycles. The number of nitrogens with one attached hydrogen (secondary N) is 1. The Bertz CT molecular complexity index is 655. The summed E-state index contributed by atoms with van der Waals surface area (Å²) in [5.41, 5.74) is 1.19. The number of piperidine rings is 1. The number of aliphatic carboxylic acids is 2. The van der Waals surface area contributed by atoms with E-state index >= 15 is 0 Å². The molecule has 7 heteroatoms. The monoisotopic (exact) mass is 418 g/mol. The Labute approximate surface area is 178 Å². The van der Waals surface area contributed by atoms with Gasteiger partial charge in [0.15, 0.2) is 0 Å². The summed E-state index contributed by atoms with van der Waals surface area (Å²) in [6.07, 6.45) is 10.2. The summed E-state index contributed by atoms with van der Waals surface area (Å²) in [5, 5.41) is 18.0. The summed E-state index contributed by atoms with van der Waals surface area (Å²) in [4.78, 5) is 33.6. The molecule has 0 aromatic heterocycles. The van der Waals surface area contributed by atoms with Gasteiger partial charge >= 0.3 is 11.9 Å². The molecule has 1 aromatic rings. The highest BCUT2D eigenvalue weighted by Gasteiger charge is 2.30. The van der Waals surface area contributed by atoms with Crippen LogP contribution in [-0.4, -0.2) is 59.1 Å². The Morgan fingerprint density at radius 1 is 0.900 bits per heavy atom. The van der Waals surface area contributed by atoms with Crippen molar-refractivity contribution in [3.8, 4) is 0 Å². The van der Waals surface area contributed by atoms with Crippen LogP contribution >= 0.6 is 0 Å². The van der Waals surface area contributed by atoms with Crippen LogP contribution in [0.3, 0.4) is 0 Å². The summed E-state index contributed by atoms with van der Waals surface area (Å²) >= 11 is 0. The maximum absolute atomic E-state index is 13.0. The predicted octanol–water partition coefficient (Wildman–Crippen LogP) is 3.11. The van der Waals surface area contributed by atoms with Crippen LogP contribution in [0.2, 0.25) is 0 Å². The molecule has 0 bridgehead atoms. The molecule has 1 atom stereocenters. The van der Waals surface area contributed by atoms with E-state index in [0.29, 0.717) is 5.92 Å². The van der Waals surface area contributed by atoms with Crippen molar-refractivity contribution < 1.29 is 24.6 Å². The van der Waals surface area contributed by atoms with Crippen molar-refractivity contribution in [2.45, 2.75) is 57.3 Å². The van der Waals surface area contributed by atoms with Crippen LogP contribution in [0.15, 0.2) is 30.3 Å². The van der Waals surface area contributed by atoms with Gasteiger partial charge in [0.1, 0.15) is 0 Å². The first-order valence-electron chi connectivity index (χ1n) is 11.0. The maximum Gasteiger partial charge on any atom is 0.414 e. The van der Waals surface area contributed by atoms with E-state index in [9.17, 15) is 4.79 Å². The number of carboxylic acids is 2. The minimum atomic E-state index is -1.82. The minimum absolute atomic E-state index is 0.0351. The van der Waals surface area contributed by atoms with E-state index in [1.165, 1.54) is 70.0 Å². The number of amides is 1. The highest BCUT2D eigenvalue weighted by Crippen LogP contribution is 2.36. The molecule has 0 radical (unpaired) electrons. The Morgan fingerprint density at radius 2 is 1.47 bits per heavy atom. The van der Waals surface area contributed by atoms with E-state index in [1.54, 1.807) is 0 Å². The van der Waals surface area contributed by atoms with Gasteiger partial charge in [0.25, 0.3) is 0 Å². The van der Waals surface area contributed by atoms with Gasteiger partial charge in [-0.1, -0.05) is 56.0 Å². The normalized spacial score (nSPS) is 18.5. The quantitative estimate of drug-likeness (QED) is 0.613. The maximum atomic E-state index is 13.0. The van der Waals surface area contributed by atoms with Crippen LogP contribution in [0.25, 0.3) is 0 Å². The van der Waals surface area contributed by atoms with E-state index in [2.05, 4.69) is 34.5 Å². The predicted molar refractivity (Wildman–Crippen MR) is 114 cm³/mol. The first-order valence-corrected chi connectivity index (χ1v) is 11.0. The van der Waals surface area contributed by atoms with Gasteiger partial charge in [-0.3, -0.25) is 4.79 Å². The standard InChI is InChI=1S/C21H32N2O.C2H2O4/c24-21(22-14-17-23-15-8-3-9-16-23)20(18-10-4-1-5-11-18)19-12-6-2-7-13-19;3-1(4)2(5)6/h1,4-5,10-11,19-20H,2-3,6-9,12-17H2,(H,22,24);(H,3,4)(H,5,6). The number of carbonyl (C=O) groups excluding carboxylic acids is 1. The average molecular weight is 419 g/mol. The summed E-state index contributed by atoms with van der Waals surface area (Å²) in [6.45, 7) is 4.17. The third kappa shape index (κ3) is 8.14. The molecule has 30 heavy (non-hydrogen) atoms. The number of hydrogen-bond acceptors (Lipinski definition) is 4. The molecule has 7 nitrogen and oxygen atoms in total. The zero-order valence-corrected chi connectivity index (χ0v) is 17.6. The second-order valence-corrected chi connectivity index (χ2v) is 8.09. The first kappa shape index (κ1) is 23.9. The molecule has 2 fully saturated rings. The zero-order valence-electron chi connectivity index (χ0n) is 17.6. The van der Waals surface area contributed by atoms with Gasteiger partial charge in [-0.25, -0.2) is 9.59 Å². The van der Waals surface area contributed by atoms with Gasteiger partial charge < -0.3 is 20.4 Å². The molecule has 3 rings (SSSR count). The largest absolute Gasteiger partial charge is 0.473 e. The van der Waals surface area contributed by atoms with Crippen molar-refractivity contribution in [2.75, 3.05) is 26.2 Å². The molecule has 1 aromatic carbocycles. The second-order valence-electron chi connectivity index (χ2n) is 8.09. The number of rotatable bonds is 6. The Morgan fingerprint density at radius 3 is 2.03 bits per heavy atom. The number of likely N-dealkylation sites (tertiary alicyclic amines) is 1. The van der Waals surface area contributed by atoms with Crippen LogP contribution < -0.4 is 5.32 Å². The summed E-state index contributed by atoms with van der Waals surface area (Å²) in [5.74, 6) is -2.86. The zero-order chi connectivity index (χ0) is 21.8. The number of hydrogen-bond donors (Lipinski definition) is 3. The fraction of sp³-hybridized carbons (Fsp3) is 0.609. The highest BCUT2D eigenvalue weighted by atomic mass is 16.4. The van der Waals surface area contributed by atoms with Crippen molar-refractivity contribution in [2.24, 2.45) is 5.92 Å². The molecule has 166 valence electrons. The molecular formula is C23H34N2O5. The van der Waals surface area contributed by atoms with Crippen molar-refractivity contribution in [1.82, 2.24) is 10.2 Å². The lowest BCUT2D eigenvalue weighted by molar-refractivity contribution is -0.159. The molecule has 1 amide bonds. The molecule has 0 spiro atoms. The van der Waals surface area contributed by atoms with E-state index < -0.39 is 11.9 Å². The topological polar surface area (TPSA) is 107 Å². The Kier molecular flexibility index (Phi) is 10.3. The highest BCUT2D eigenvalue weighted by molar-refractivity contribution is 6.27. The first-order chi connectivity index (χ1) is 14.5. The lowest BCUT2D eigenvalue weighted by Gasteiger charge is -2.30. The van der Waals surface area contributed by atoms with Crippen molar-refractivity contribution in [3.63, 3.8) is 0 Å². The molecule has 1 aliphatic carbocycles. The minimum Gasteiger partial charge on any atom is -0.473 e. The van der Waals surface area contributed by atoms with Crippen LogP contribution in [0.4, 0.5) is 0 Å². The molecule has 1 heterocycles. The molecule has 1 unspecified atom stereocenters. The van der Waals surface area contributed by atoms with Crippen molar-refractivity contribution in [1.29, 1.82) is 0 Å². The lowest BCUT2D eigenvalue weighted by Crippen LogP contribution is -2.40. The van der Waals surface area contributed by atoms with Crippen LogP contribution in [0.1, 0.15) is 62.8 Å². The fourth-order valence-electron chi connectivity index (χ4n) is 4.40. The fourth-order valence-corrected chi connectivity index (χ4v) is 4.40. The third-order valence-corrected chi connectivity index (χ3v) is 5.92. The smallest absolute Gasteiger partial charge is 0.414 e. The second kappa shape index (κ2) is 13.0. The molecule has 2 aliphatic rings. The lowest BCUT2D eigenvalue weighted by atomic mass is 9.76. The molecular weight excluding hydrogens is 384 g/mol. The Balaban J connectivity index is 0.000000469. The summed E-state index contributed by atoms with van der Waals surface area (Å²) in [7, 11) is 0. The van der Waals surface area contributed by atoms with Gasteiger partial charge in [-0.2, -0.15) is 0 Å². The summed E-state index contributed by atoms with van der Waals surface area (Å²) in [6, 6.07) is 10.4. The third-order valence-electron chi connectivity index (χ3n) is 5.92. The van der Waals surface area contributed by atoms with Crippen LogP contribution in [0, 0.1) is 5.92 Å². The van der Waals surface area contributed by atoms with E-state index in [1.807, 2.05) is 6.07 Å². The van der Waals surface area contributed by atoms with E-state index in [-0.39, 0.29) is 11.8 Å². The van der Waals surface area contributed by atoms with E-state index in [4.69, 9.17) is 19.8 Å². The molecule has 1 saturated carbocycles. The summed E-state index contributed by atoms with van der Waals surface area (Å²) < 4.78 is 0. The molecule has 3 N–H and O–H groups in total. The SMILES string of the molecule is O=C(NCCN1CCCCC1)C(c1ccccc1)C1CCCCC1.O=C(O)C(=O)O. The van der Waals surface area contributed by atoms with Crippen LogP contribution in [0.5, 0.6) is 0 Å². The van der Waals surface area contributed by atoms with Gasteiger partial charge in [0, 0.05) is 13.1 Å². The van der Waals surface area contributed by atoms with Crippen LogP contribution in [-0.2, 0) is 14.4 Å². The number of carbonyl (C=O) groups is 3.